The smallest absolute Gasteiger partial charge is 0.143 e. The van der Waals surface area contributed by atoms with Gasteiger partial charge < -0.3 is 4.90 Å². The van der Waals surface area contributed by atoms with E-state index in [2.05, 4.69) is 0 Å². The van der Waals surface area contributed by atoms with Crippen molar-refractivity contribution in [3.8, 4) is 6.07 Å². The molecule has 0 aromatic heterocycles. The molecule has 2 nitrogen and oxygen atoms in total. The third kappa shape index (κ3) is 3.24. The highest BCUT2D eigenvalue weighted by Crippen LogP contribution is 2.20. The van der Waals surface area contributed by atoms with Crippen LogP contribution in [0.25, 0.3) is 0 Å². The fraction of sp³-hybridized carbons (Fsp3) is 0.133. The van der Waals surface area contributed by atoms with Crippen molar-refractivity contribution < 1.29 is 4.39 Å². The van der Waals surface area contributed by atoms with Crippen LogP contribution in [0.4, 0.5) is 10.1 Å². The molecule has 0 saturated heterocycles. The lowest BCUT2D eigenvalue weighted by molar-refractivity contribution is 0.623. The summed E-state index contributed by atoms with van der Waals surface area (Å²) < 4.78 is 13.5. The molecule has 0 spiro atoms. The van der Waals surface area contributed by atoms with Gasteiger partial charge in [-0.25, -0.2) is 4.39 Å². The lowest BCUT2D eigenvalue weighted by Gasteiger charge is -2.19. The topological polar surface area (TPSA) is 27.0 Å². The van der Waals surface area contributed by atoms with Crippen LogP contribution in [0, 0.1) is 17.1 Å². The average Bonchev–Trinajstić information content (AvgIpc) is 2.38. The molecule has 2 aromatic carbocycles. The Bertz CT molecular complexity index is 634. The summed E-state index contributed by atoms with van der Waals surface area (Å²) in [5.41, 5.74) is 1.82. The molecule has 0 heterocycles. The zero-order chi connectivity index (χ0) is 13.8. The maximum absolute atomic E-state index is 13.5. The van der Waals surface area contributed by atoms with E-state index in [1.807, 2.05) is 42.3 Å². The lowest BCUT2D eigenvalue weighted by atomic mass is 10.1. The highest BCUT2D eigenvalue weighted by atomic mass is 35.5. The van der Waals surface area contributed by atoms with Crippen LogP contribution >= 0.6 is 11.6 Å². The molecule has 0 saturated carbocycles. The third-order valence-electron chi connectivity index (χ3n) is 2.82. The van der Waals surface area contributed by atoms with Crippen molar-refractivity contribution in [2.24, 2.45) is 0 Å². The molecule has 19 heavy (non-hydrogen) atoms. The Morgan fingerprint density at radius 1 is 1.26 bits per heavy atom. The van der Waals surface area contributed by atoms with Crippen molar-refractivity contribution in [2.45, 2.75) is 6.54 Å². The molecule has 0 amide bonds. The molecule has 0 aliphatic rings. The quantitative estimate of drug-likeness (QED) is 0.846. The van der Waals surface area contributed by atoms with Crippen molar-refractivity contribution in [1.29, 1.82) is 5.26 Å². The van der Waals surface area contributed by atoms with E-state index in [0.717, 1.165) is 11.3 Å². The van der Waals surface area contributed by atoms with Gasteiger partial charge in [-0.3, -0.25) is 0 Å². The highest BCUT2D eigenvalue weighted by Gasteiger charge is 2.07. The third-order valence-corrected chi connectivity index (χ3v) is 3.06. The van der Waals surface area contributed by atoms with Crippen LogP contribution in [0.3, 0.4) is 0 Å². The summed E-state index contributed by atoms with van der Waals surface area (Å²) in [6.07, 6.45) is 0. The minimum absolute atomic E-state index is 0.0555. The fourth-order valence-corrected chi connectivity index (χ4v) is 2.05. The molecule has 0 aliphatic heterocycles. The lowest BCUT2D eigenvalue weighted by Crippen LogP contribution is -2.16. The van der Waals surface area contributed by atoms with Crippen LogP contribution in [-0.4, -0.2) is 7.05 Å². The number of halogens is 2. The molecular weight excluding hydrogens is 263 g/mol. The zero-order valence-electron chi connectivity index (χ0n) is 10.4. The molecule has 2 rings (SSSR count). The first-order chi connectivity index (χ1) is 9.10. The van der Waals surface area contributed by atoms with Crippen molar-refractivity contribution in [3.05, 3.63) is 64.4 Å². The van der Waals surface area contributed by atoms with Crippen LogP contribution in [-0.2, 0) is 6.54 Å². The molecule has 0 atom stereocenters. The van der Waals surface area contributed by atoms with Crippen LogP contribution in [0.2, 0.25) is 5.02 Å². The van der Waals surface area contributed by atoms with Gasteiger partial charge in [0.15, 0.2) is 0 Å². The summed E-state index contributed by atoms with van der Waals surface area (Å²) in [6.45, 7) is 0.617. The second kappa shape index (κ2) is 5.73. The number of benzene rings is 2. The molecule has 0 unspecified atom stereocenters. The molecule has 0 radical (unpaired) electrons. The standard InChI is InChI=1S/C15H12ClFN2/c1-19(10-11-3-2-4-13(16)7-11)14-6-5-12(9-18)15(17)8-14/h2-8H,10H2,1H3. The molecule has 0 bridgehead atoms. The first-order valence-corrected chi connectivity index (χ1v) is 6.13. The average molecular weight is 275 g/mol. The summed E-state index contributed by atoms with van der Waals surface area (Å²) in [5.74, 6) is -0.502. The summed E-state index contributed by atoms with van der Waals surface area (Å²) in [7, 11) is 1.86. The molecule has 96 valence electrons. The Morgan fingerprint density at radius 3 is 2.68 bits per heavy atom. The van der Waals surface area contributed by atoms with E-state index in [1.165, 1.54) is 12.1 Å². The predicted octanol–water partition coefficient (Wildman–Crippen LogP) is 3.99. The maximum Gasteiger partial charge on any atom is 0.143 e. The summed E-state index contributed by atoms with van der Waals surface area (Å²) in [4.78, 5) is 1.90. The first kappa shape index (κ1) is 13.4. The SMILES string of the molecule is CN(Cc1cccc(Cl)c1)c1ccc(C#N)c(F)c1. The largest absolute Gasteiger partial charge is 0.370 e. The van der Waals surface area contributed by atoms with Gasteiger partial charge in [0.1, 0.15) is 11.9 Å². The van der Waals surface area contributed by atoms with Crippen LogP contribution in [0.15, 0.2) is 42.5 Å². The van der Waals surface area contributed by atoms with Gasteiger partial charge in [-0.05, 0) is 35.9 Å². The van der Waals surface area contributed by atoms with Crippen LogP contribution < -0.4 is 4.90 Å². The second-order valence-corrected chi connectivity index (χ2v) is 4.70. The van der Waals surface area contributed by atoms with E-state index in [0.29, 0.717) is 11.6 Å². The molecule has 0 aliphatic carbocycles. The van der Waals surface area contributed by atoms with Gasteiger partial charge in [0.25, 0.3) is 0 Å². The summed E-state index contributed by atoms with van der Waals surface area (Å²) in [6, 6.07) is 13.9. The number of anilines is 1. The van der Waals surface area contributed by atoms with Crippen LogP contribution in [0.5, 0.6) is 0 Å². The molecule has 4 heteroatoms. The van der Waals surface area contributed by atoms with Crippen LogP contribution in [0.1, 0.15) is 11.1 Å². The number of hydrogen-bond donors (Lipinski definition) is 0. The predicted molar refractivity (Wildman–Crippen MR) is 74.7 cm³/mol. The van der Waals surface area contributed by atoms with Gasteiger partial charge in [0.2, 0.25) is 0 Å². The minimum Gasteiger partial charge on any atom is -0.370 e. The van der Waals surface area contributed by atoms with E-state index in [-0.39, 0.29) is 5.56 Å². The zero-order valence-corrected chi connectivity index (χ0v) is 11.2. The Balaban J connectivity index is 2.18. The Kier molecular flexibility index (Phi) is 4.03. The Morgan fingerprint density at radius 2 is 2.05 bits per heavy atom. The van der Waals surface area contributed by atoms with E-state index >= 15 is 0 Å². The summed E-state index contributed by atoms with van der Waals surface area (Å²) in [5, 5.41) is 9.37. The van der Waals surface area contributed by atoms with E-state index in [9.17, 15) is 4.39 Å². The number of nitriles is 1. The fourth-order valence-electron chi connectivity index (χ4n) is 1.83. The second-order valence-electron chi connectivity index (χ2n) is 4.26. The van der Waals surface area contributed by atoms with Gasteiger partial charge in [-0.2, -0.15) is 5.26 Å². The maximum atomic E-state index is 13.5. The molecule has 2 aromatic rings. The van der Waals surface area contributed by atoms with Gasteiger partial charge in [-0.1, -0.05) is 23.7 Å². The molecular formula is C15H12ClFN2. The van der Waals surface area contributed by atoms with Crippen molar-refractivity contribution >= 4 is 17.3 Å². The molecule has 0 N–H and O–H groups in total. The van der Waals surface area contributed by atoms with Gasteiger partial charge in [0, 0.05) is 24.3 Å². The summed E-state index contributed by atoms with van der Waals surface area (Å²) >= 11 is 5.92. The highest BCUT2D eigenvalue weighted by molar-refractivity contribution is 6.30. The number of hydrogen-bond acceptors (Lipinski definition) is 2. The van der Waals surface area contributed by atoms with Crippen molar-refractivity contribution in [3.63, 3.8) is 0 Å². The number of nitrogens with zero attached hydrogens (tertiary/aromatic N) is 2. The van der Waals surface area contributed by atoms with Gasteiger partial charge >= 0.3 is 0 Å². The first-order valence-electron chi connectivity index (χ1n) is 5.75. The van der Waals surface area contributed by atoms with E-state index in [4.69, 9.17) is 16.9 Å². The minimum atomic E-state index is -0.502. The van der Waals surface area contributed by atoms with E-state index in [1.54, 1.807) is 6.07 Å². The van der Waals surface area contributed by atoms with Crippen molar-refractivity contribution in [1.82, 2.24) is 0 Å². The van der Waals surface area contributed by atoms with Crippen molar-refractivity contribution in [2.75, 3.05) is 11.9 Å². The monoisotopic (exact) mass is 274 g/mol. The van der Waals surface area contributed by atoms with Gasteiger partial charge in [0.05, 0.1) is 5.56 Å². The Labute approximate surface area is 116 Å². The molecule has 0 fully saturated rings. The van der Waals surface area contributed by atoms with E-state index < -0.39 is 5.82 Å². The number of rotatable bonds is 3. The normalized spacial score (nSPS) is 10.0. The Hall–Kier alpha value is -2.05. The van der Waals surface area contributed by atoms with Gasteiger partial charge in [-0.15, -0.1) is 0 Å².